The van der Waals surface area contributed by atoms with E-state index in [-0.39, 0.29) is 0 Å². The summed E-state index contributed by atoms with van der Waals surface area (Å²) in [6.45, 7) is 1.82. The van der Waals surface area contributed by atoms with Gasteiger partial charge >= 0.3 is 0 Å². The highest BCUT2D eigenvalue weighted by Crippen LogP contribution is 2.25. The number of aryl methyl sites for hydroxylation is 3. The van der Waals surface area contributed by atoms with Crippen LogP contribution in [0.4, 0.5) is 5.82 Å². The molecule has 3 rings (SSSR count). The van der Waals surface area contributed by atoms with Crippen LogP contribution in [0.1, 0.15) is 23.2 Å². The zero-order chi connectivity index (χ0) is 13.5. The van der Waals surface area contributed by atoms with Crippen LogP contribution in [0.25, 0.3) is 0 Å². The lowest BCUT2D eigenvalue weighted by molar-refractivity contribution is 0.601. The average molecular weight is 277 g/mol. The summed E-state index contributed by atoms with van der Waals surface area (Å²) >= 11 is 0. The van der Waals surface area contributed by atoms with Crippen LogP contribution in [0.15, 0.2) is 29.2 Å². The number of aromatic nitrogens is 2. The standard InChI is InChI=1S/C13H15N3O2S/c1-9-7-13(15-14-9)16-19(17,18)12-6-5-10-3-2-4-11(10)8-12/h5-8H,2-4H2,1H3,(H2,14,15,16). The van der Waals surface area contributed by atoms with Crippen molar-refractivity contribution in [1.29, 1.82) is 0 Å². The van der Waals surface area contributed by atoms with Crippen molar-refractivity contribution in [2.24, 2.45) is 0 Å². The Bertz CT molecular complexity index is 719. The van der Waals surface area contributed by atoms with E-state index in [1.165, 1.54) is 5.56 Å². The summed E-state index contributed by atoms with van der Waals surface area (Å²) in [5, 5.41) is 6.59. The van der Waals surface area contributed by atoms with Gasteiger partial charge in [0.15, 0.2) is 5.82 Å². The zero-order valence-corrected chi connectivity index (χ0v) is 11.4. The summed E-state index contributed by atoms with van der Waals surface area (Å²) in [5.41, 5.74) is 3.21. The van der Waals surface area contributed by atoms with Gasteiger partial charge in [0.25, 0.3) is 10.0 Å². The molecule has 0 spiro atoms. The van der Waals surface area contributed by atoms with Gasteiger partial charge in [0.2, 0.25) is 0 Å². The third-order valence-corrected chi connectivity index (χ3v) is 4.68. The van der Waals surface area contributed by atoms with Gasteiger partial charge in [-0.25, -0.2) is 8.42 Å². The van der Waals surface area contributed by atoms with Crippen LogP contribution < -0.4 is 4.72 Å². The van der Waals surface area contributed by atoms with Gasteiger partial charge in [0.1, 0.15) is 0 Å². The maximum absolute atomic E-state index is 12.2. The molecule has 100 valence electrons. The fourth-order valence-electron chi connectivity index (χ4n) is 2.38. The molecular formula is C13H15N3O2S. The number of benzene rings is 1. The molecule has 19 heavy (non-hydrogen) atoms. The van der Waals surface area contributed by atoms with Gasteiger partial charge < -0.3 is 0 Å². The topological polar surface area (TPSA) is 74.8 Å². The second kappa shape index (κ2) is 4.38. The number of hydrogen-bond acceptors (Lipinski definition) is 3. The Morgan fingerprint density at radius 2 is 2.00 bits per heavy atom. The second-order valence-electron chi connectivity index (χ2n) is 4.83. The lowest BCUT2D eigenvalue weighted by Crippen LogP contribution is -2.13. The number of hydrogen-bond donors (Lipinski definition) is 2. The molecule has 0 amide bonds. The summed E-state index contributed by atoms with van der Waals surface area (Å²) in [6, 6.07) is 6.99. The fraction of sp³-hybridized carbons (Fsp3) is 0.308. The average Bonchev–Trinajstić information content (AvgIpc) is 2.96. The van der Waals surface area contributed by atoms with Crippen LogP contribution in [0.5, 0.6) is 0 Å². The van der Waals surface area contributed by atoms with E-state index in [0.29, 0.717) is 10.7 Å². The van der Waals surface area contributed by atoms with Gasteiger partial charge in [0, 0.05) is 11.8 Å². The fourth-order valence-corrected chi connectivity index (χ4v) is 3.42. The van der Waals surface area contributed by atoms with Crippen molar-refractivity contribution < 1.29 is 8.42 Å². The molecule has 0 saturated carbocycles. The van der Waals surface area contributed by atoms with E-state index in [1.54, 1.807) is 18.2 Å². The summed E-state index contributed by atoms with van der Waals surface area (Å²) < 4.78 is 27.0. The third kappa shape index (κ3) is 2.35. The molecule has 6 heteroatoms. The number of H-pyrrole nitrogens is 1. The predicted molar refractivity (Wildman–Crippen MR) is 72.6 cm³/mol. The van der Waals surface area contributed by atoms with Crippen LogP contribution in [0.3, 0.4) is 0 Å². The van der Waals surface area contributed by atoms with Gasteiger partial charge in [0.05, 0.1) is 4.90 Å². The van der Waals surface area contributed by atoms with E-state index in [0.717, 1.165) is 30.5 Å². The van der Waals surface area contributed by atoms with E-state index < -0.39 is 10.0 Å². The van der Waals surface area contributed by atoms with E-state index in [1.807, 2.05) is 13.0 Å². The van der Waals surface area contributed by atoms with Gasteiger partial charge in [-0.15, -0.1) is 0 Å². The first-order valence-electron chi connectivity index (χ1n) is 6.21. The number of rotatable bonds is 3. The minimum atomic E-state index is -3.55. The first kappa shape index (κ1) is 12.2. The van der Waals surface area contributed by atoms with Crippen molar-refractivity contribution in [2.45, 2.75) is 31.1 Å². The lowest BCUT2D eigenvalue weighted by Gasteiger charge is -2.07. The third-order valence-electron chi connectivity index (χ3n) is 3.33. The molecule has 0 bridgehead atoms. The van der Waals surface area contributed by atoms with Crippen molar-refractivity contribution in [3.8, 4) is 0 Å². The number of sulfonamides is 1. The maximum atomic E-state index is 12.2. The first-order chi connectivity index (χ1) is 9.04. The van der Waals surface area contributed by atoms with Gasteiger partial charge in [-0.1, -0.05) is 6.07 Å². The molecule has 2 N–H and O–H groups in total. The Balaban J connectivity index is 1.92. The van der Waals surface area contributed by atoms with Crippen molar-refractivity contribution in [3.05, 3.63) is 41.1 Å². The van der Waals surface area contributed by atoms with Gasteiger partial charge in [-0.05, 0) is 49.4 Å². The molecule has 1 heterocycles. The molecule has 0 atom stereocenters. The number of nitrogens with one attached hydrogen (secondary N) is 2. The van der Waals surface area contributed by atoms with E-state index >= 15 is 0 Å². The Morgan fingerprint density at radius 1 is 1.21 bits per heavy atom. The summed E-state index contributed by atoms with van der Waals surface area (Å²) in [6.07, 6.45) is 3.10. The number of aromatic amines is 1. The van der Waals surface area contributed by atoms with Crippen LogP contribution >= 0.6 is 0 Å². The van der Waals surface area contributed by atoms with E-state index in [2.05, 4.69) is 14.9 Å². The number of anilines is 1. The van der Waals surface area contributed by atoms with E-state index in [9.17, 15) is 8.42 Å². The van der Waals surface area contributed by atoms with Crippen LogP contribution in [0, 0.1) is 6.92 Å². The van der Waals surface area contributed by atoms with Gasteiger partial charge in [-0.2, -0.15) is 5.10 Å². The van der Waals surface area contributed by atoms with Crippen molar-refractivity contribution >= 4 is 15.8 Å². The Kier molecular flexibility index (Phi) is 2.82. The second-order valence-corrected chi connectivity index (χ2v) is 6.51. The highest BCUT2D eigenvalue weighted by Gasteiger charge is 2.19. The Labute approximate surface area is 112 Å². The molecule has 2 aromatic rings. The summed E-state index contributed by atoms with van der Waals surface area (Å²) in [5.74, 6) is 0.318. The Morgan fingerprint density at radius 3 is 2.74 bits per heavy atom. The normalized spacial score (nSPS) is 14.4. The molecule has 1 aliphatic rings. The largest absolute Gasteiger partial charge is 0.281 e. The quantitative estimate of drug-likeness (QED) is 0.901. The molecular weight excluding hydrogens is 262 g/mol. The highest BCUT2D eigenvalue weighted by atomic mass is 32.2. The molecule has 0 radical (unpaired) electrons. The molecule has 0 fully saturated rings. The highest BCUT2D eigenvalue weighted by molar-refractivity contribution is 7.92. The number of fused-ring (bicyclic) bond motifs is 1. The van der Waals surface area contributed by atoms with Crippen LogP contribution in [-0.2, 0) is 22.9 Å². The molecule has 1 aliphatic carbocycles. The molecule has 1 aromatic carbocycles. The molecule has 0 saturated heterocycles. The minimum Gasteiger partial charge on any atom is -0.281 e. The van der Waals surface area contributed by atoms with Crippen molar-refractivity contribution in [2.75, 3.05) is 4.72 Å². The molecule has 0 unspecified atom stereocenters. The smallest absolute Gasteiger partial charge is 0.263 e. The first-order valence-corrected chi connectivity index (χ1v) is 7.69. The minimum absolute atomic E-state index is 0.300. The van der Waals surface area contributed by atoms with Crippen LogP contribution in [0.2, 0.25) is 0 Å². The monoisotopic (exact) mass is 277 g/mol. The predicted octanol–water partition coefficient (Wildman–Crippen LogP) is 2.01. The maximum Gasteiger partial charge on any atom is 0.263 e. The van der Waals surface area contributed by atoms with Crippen molar-refractivity contribution in [3.63, 3.8) is 0 Å². The Hall–Kier alpha value is -1.82. The molecule has 5 nitrogen and oxygen atoms in total. The lowest BCUT2D eigenvalue weighted by atomic mass is 10.1. The SMILES string of the molecule is Cc1cc(NS(=O)(=O)c2ccc3c(c2)CCC3)n[nH]1. The van der Waals surface area contributed by atoms with Crippen LogP contribution in [-0.4, -0.2) is 18.6 Å². The van der Waals surface area contributed by atoms with Gasteiger partial charge in [-0.3, -0.25) is 9.82 Å². The molecule has 0 aliphatic heterocycles. The summed E-state index contributed by atoms with van der Waals surface area (Å²) in [7, 11) is -3.55. The van der Waals surface area contributed by atoms with E-state index in [4.69, 9.17) is 0 Å². The number of nitrogens with zero attached hydrogens (tertiary/aromatic N) is 1. The zero-order valence-electron chi connectivity index (χ0n) is 10.6. The van der Waals surface area contributed by atoms with Crippen molar-refractivity contribution in [1.82, 2.24) is 10.2 Å². The summed E-state index contributed by atoms with van der Waals surface area (Å²) in [4.78, 5) is 0.300. The molecule has 1 aromatic heterocycles.